The first-order valence-electron chi connectivity index (χ1n) is 13.8. The predicted octanol–water partition coefficient (Wildman–Crippen LogP) is 4.88. The van der Waals surface area contributed by atoms with Crippen LogP contribution < -0.4 is 0 Å². The molecule has 0 amide bonds. The van der Waals surface area contributed by atoms with Gasteiger partial charge in [-0.2, -0.15) is 0 Å². The van der Waals surface area contributed by atoms with Gasteiger partial charge in [-0.05, 0) is 30.8 Å². The van der Waals surface area contributed by atoms with E-state index in [1.807, 2.05) is 110 Å². The molecule has 3 unspecified atom stereocenters. The number of nitrogens with zero attached hydrogens (tertiary/aromatic N) is 1. The highest BCUT2D eigenvalue weighted by molar-refractivity contribution is 5.82. The van der Waals surface area contributed by atoms with Crippen molar-refractivity contribution >= 4 is 5.78 Å². The van der Waals surface area contributed by atoms with E-state index in [4.69, 9.17) is 23.7 Å². The second-order valence-corrected chi connectivity index (χ2v) is 10.3. The highest BCUT2D eigenvalue weighted by Gasteiger charge is 2.50. The lowest BCUT2D eigenvalue weighted by molar-refractivity contribution is -0.299. The summed E-state index contributed by atoms with van der Waals surface area (Å²) >= 11 is 0. The van der Waals surface area contributed by atoms with Crippen LogP contribution in [0.2, 0.25) is 0 Å². The Morgan fingerprint density at radius 3 is 1.75 bits per heavy atom. The maximum Gasteiger partial charge on any atom is 0.184 e. The third kappa shape index (κ3) is 8.80. The SMILES string of the molecule is CO[C@@H]1OC(COCc2ccccc2)[C@H](OCc2ccccc2)C(C(=O)CCN(C)C)C1OCc1ccccc1. The summed E-state index contributed by atoms with van der Waals surface area (Å²) in [5, 5.41) is 0. The van der Waals surface area contributed by atoms with Crippen LogP contribution in [0.1, 0.15) is 23.1 Å². The van der Waals surface area contributed by atoms with Crippen LogP contribution in [-0.2, 0) is 48.3 Å². The molecule has 1 fully saturated rings. The van der Waals surface area contributed by atoms with Crippen molar-refractivity contribution in [1.82, 2.24) is 4.90 Å². The van der Waals surface area contributed by atoms with Gasteiger partial charge in [0.15, 0.2) is 6.29 Å². The number of hydrogen-bond acceptors (Lipinski definition) is 7. The monoisotopic (exact) mass is 547 g/mol. The van der Waals surface area contributed by atoms with E-state index in [0.717, 1.165) is 16.7 Å². The van der Waals surface area contributed by atoms with Crippen molar-refractivity contribution in [2.24, 2.45) is 5.92 Å². The Kier molecular flexibility index (Phi) is 11.8. The molecule has 4 rings (SSSR count). The number of ketones is 1. The maximum atomic E-state index is 13.9. The molecule has 1 aliphatic rings. The quantitative estimate of drug-likeness (QED) is 0.269. The first kappa shape index (κ1) is 30.1. The van der Waals surface area contributed by atoms with Crippen molar-refractivity contribution in [2.75, 3.05) is 34.4 Å². The molecule has 1 heterocycles. The van der Waals surface area contributed by atoms with Crippen LogP contribution in [0.15, 0.2) is 91.0 Å². The number of carbonyl (C=O) groups is 1. The standard InChI is InChI=1S/C33H41NO6/c1-34(2)20-19-28(35)30-31(38-22-26-15-9-5-10-16-26)29(24-37-21-25-13-7-4-8-14-25)40-33(36-3)32(30)39-23-27-17-11-6-12-18-27/h4-18,29-33H,19-24H2,1-3H3/t29?,30?,31-,32?,33+/m0/s1. The minimum atomic E-state index is -0.751. The molecule has 3 aromatic carbocycles. The van der Waals surface area contributed by atoms with Gasteiger partial charge in [0.1, 0.15) is 18.0 Å². The van der Waals surface area contributed by atoms with Crippen LogP contribution in [0.4, 0.5) is 0 Å². The van der Waals surface area contributed by atoms with E-state index >= 15 is 0 Å². The van der Waals surface area contributed by atoms with Crippen LogP contribution >= 0.6 is 0 Å². The number of hydrogen-bond donors (Lipinski definition) is 0. The number of carbonyl (C=O) groups excluding carboxylic acids is 1. The summed E-state index contributed by atoms with van der Waals surface area (Å²) in [6.07, 6.45) is -2.15. The molecule has 40 heavy (non-hydrogen) atoms. The van der Waals surface area contributed by atoms with Gasteiger partial charge in [-0.15, -0.1) is 0 Å². The molecule has 5 atom stereocenters. The van der Waals surface area contributed by atoms with Gasteiger partial charge in [-0.3, -0.25) is 4.79 Å². The number of ether oxygens (including phenoxy) is 5. The zero-order chi connectivity index (χ0) is 28.2. The zero-order valence-electron chi connectivity index (χ0n) is 23.7. The summed E-state index contributed by atoms with van der Waals surface area (Å²) in [4.78, 5) is 15.9. The van der Waals surface area contributed by atoms with E-state index < -0.39 is 30.5 Å². The van der Waals surface area contributed by atoms with E-state index in [9.17, 15) is 4.79 Å². The van der Waals surface area contributed by atoms with Crippen molar-refractivity contribution in [3.8, 4) is 0 Å². The maximum absolute atomic E-state index is 13.9. The Balaban J connectivity index is 1.59. The largest absolute Gasteiger partial charge is 0.374 e. The first-order chi connectivity index (χ1) is 19.5. The average Bonchev–Trinajstić information content (AvgIpc) is 2.99. The Bertz CT molecular complexity index is 1130. The second-order valence-electron chi connectivity index (χ2n) is 10.3. The molecule has 1 saturated heterocycles. The highest BCUT2D eigenvalue weighted by Crippen LogP contribution is 2.34. The van der Waals surface area contributed by atoms with Crippen LogP contribution in [0.3, 0.4) is 0 Å². The van der Waals surface area contributed by atoms with Gasteiger partial charge in [0.25, 0.3) is 0 Å². The molecule has 0 aliphatic carbocycles. The van der Waals surface area contributed by atoms with E-state index in [1.165, 1.54) is 0 Å². The average molecular weight is 548 g/mol. The lowest BCUT2D eigenvalue weighted by atomic mass is 9.83. The highest BCUT2D eigenvalue weighted by atomic mass is 16.7. The third-order valence-corrected chi connectivity index (χ3v) is 7.03. The van der Waals surface area contributed by atoms with Crippen LogP contribution in [0.25, 0.3) is 0 Å². The van der Waals surface area contributed by atoms with Crippen molar-refractivity contribution in [3.63, 3.8) is 0 Å². The van der Waals surface area contributed by atoms with E-state index in [-0.39, 0.29) is 12.4 Å². The lowest BCUT2D eigenvalue weighted by Gasteiger charge is -2.45. The van der Waals surface area contributed by atoms with E-state index in [0.29, 0.717) is 32.8 Å². The summed E-state index contributed by atoms with van der Waals surface area (Å²) in [6.45, 7) is 1.96. The molecule has 0 aromatic heterocycles. The predicted molar refractivity (Wildman–Crippen MR) is 153 cm³/mol. The molecule has 0 spiro atoms. The molecule has 0 N–H and O–H groups in total. The Morgan fingerprint density at radius 2 is 1.25 bits per heavy atom. The molecule has 3 aromatic rings. The first-order valence-corrected chi connectivity index (χ1v) is 13.8. The number of Topliss-reactive ketones (excluding diaryl/α,β-unsaturated/α-hetero) is 1. The Morgan fingerprint density at radius 1 is 0.750 bits per heavy atom. The Labute approximate surface area is 238 Å². The van der Waals surface area contributed by atoms with Gasteiger partial charge in [0, 0.05) is 20.1 Å². The van der Waals surface area contributed by atoms with Crippen LogP contribution in [-0.4, -0.2) is 69.6 Å². The molecule has 7 heteroatoms. The molecule has 1 aliphatic heterocycles. The molecule has 0 bridgehead atoms. The summed E-state index contributed by atoms with van der Waals surface area (Å²) in [5.74, 6) is -0.542. The fraction of sp³-hybridized carbons (Fsp3) is 0.424. The minimum Gasteiger partial charge on any atom is -0.374 e. The number of benzene rings is 3. The minimum absolute atomic E-state index is 0.0585. The molecule has 0 radical (unpaired) electrons. The summed E-state index contributed by atoms with van der Waals surface area (Å²) in [5.41, 5.74) is 3.08. The van der Waals surface area contributed by atoms with E-state index in [2.05, 4.69) is 0 Å². The van der Waals surface area contributed by atoms with Crippen LogP contribution in [0.5, 0.6) is 0 Å². The molecule has 0 saturated carbocycles. The molecule has 7 nitrogen and oxygen atoms in total. The normalized spacial score (nSPS) is 22.9. The summed E-state index contributed by atoms with van der Waals surface area (Å²) in [7, 11) is 5.50. The van der Waals surface area contributed by atoms with Crippen molar-refractivity contribution < 1.29 is 28.5 Å². The van der Waals surface area contributed by atoms with Crippen molar-refractivity contribution in [1.29, 1.82) is 0 Å². The van der Waals surface area contributed by atoms with Gasteiger partial charge in [0.05, 0.1) is 38.4 Å². The van der Waals surface area contributed by atoms with Gasteiger partial charge >= 0.3 is 0 Å². The Hall–Kier alpha value is -2.91. The van der Waals surface area contributed by atoms with Gasteiger partial charge in [-0.25, -0.2) is 0 Å². The number of methoxy groups -OCH3 is 1. The van der Waals surface area contributed by atoms with Crippen molar-refractivity contribution in [2.45, 2.75) is 50.8 Å². The third-order valence-electron chi connectivity index (χ3n) is 7.03. The molecular weight excluding hydrogens is 506 g/mol. The van der Waals surface area contributed by atoms with Gasteiger partial charge < -0.3 is 28.6 Å². The zero-order valence-corrected chi connectivity index (χ0v) is 23.7. The van der Waals surface area contributed by atoms with Crippen molar-refractivity contribution in [3.05, 3.63) is 108 Å². The fourth-order valence-electron chi connectivity index (χ4n) is 4.90. The summed E-state index contributed by atoms with van der Waals surface area (Å²) in [6, 6.07) is 29.8. The fourth-order valence-corrected chi connectivity index (χ4v) is 4.90. The lowest BCUT2D eigenvalue weighted by Crippen LogP contribution is -2.60. The van der Waals surface area contributed by atoms with Crippen LogP contribution in [0, 0.1) is 5.92 Å². The molecular formula is C33H41NO6. The topological polar surface area (TPSA) is 66.5 Å². The number of rotatable bonds is 15. The van der Waals surface area contributed by atoms with E-state index in [1.54, 1.807) is 7.11 Å². The molecule has 214 valence electrons. The second kappa shape index (κ2) is 15.8. The van der Waals surface area contributed by atoms with Gasteiger partial charge in [-0.1, -0.05) is 91.0 Å². The summed E-state index contributed by atoms with van der Waals surface area (Å²) < 4.78 is 31.2. The smallest absolute Gasteiger partial charge is 0.184 e. The van der Waals surface area contributed by atoms with Gasteiger partial charge in [0.2, 0.25) is 0 Å².